The zero-order valence-electron chi connectivity index (χ0n) is 14.6. The summed E-state index contributed by atoms with van der Waals surface area (Å²) in [5.74, 6) is 1.24. The van der Waals surface area contributed by atoms with Crippen LogP contribution in [0.5, 0.6) is 5.88 Å². The van der Waals surface area contributed by atoms with E-state index in [1.807, 2.05) is 13.8 Å². The molecular weight excluding hydrogens is 394 g/mol. The Morgan fingerprint density at radius 3 is 2.67 bits per heavy atom. The molecule has 0 radical (unpaired) electrons. The van der Waals surface area contributed by atoms with Crippen molar-refractivity contribution in [1.82, 2.24) is 20.2 Å². The highest BCUT2D eigenvalue weighted by atomic mass is 35.5. The zero-order valence-corrected chi connectivity index (χ0v) is 16.1. The summed E-state index contributed by atoms with van der Waals surface area (Å²) in [6.07, 6.45) is 0. The number of hydrogen-bond acceptors (Lipinski definition) is 6. The fraction of sp³-hybridized carbons (Fsp3) is 0.235. The number of hydrogen-bond donors (Lipinski definition) is 3. The van der Waals surface area contributed by atoms with Crippen molar-refractivity contribution in [2.75, 3.05) is 17.2 Å². The number of aromatic amines is 1. The van der Waals surface area contributed by atoms with Crippen LogP contribution >= 0.6 is 23.2 Å². The third-order valence-electron chi connectivity index (χ3n) is 3.63. The second-order valence-electron chi connectivity index (χ2n) is 5.59. The average Bonchev–Trinajstić information content (AvgIpc) is 3.07. The van der Waals surface area contributed by atoms with Crippen molar-refractivity contribution < 1.29 is 9.13 Å². The summed E-state index contributed by atoms with van der Waals surface area (Å²) in [6, 6.07) is 7.65. The van der Waals surface area contributed by atoms with Crippen molar-refractivity contribution in [3.8, 4) is 5.88 Å². The molecule has 2 aromatic heterocycles. The fourth-order valence-electron chi connectivity index (χ4n) is 2.31. The van der Waals surface area contributed by atoms with Crippen molar-refractivity contribution in [2.45, 2.75) is 19.9 Å². The van der Waals surface area contributed by atoms with E-state index >= 15 is 0 Å². The molecule has 142 valence electrons. The Morgan fingerprint density at radius 2 is 1.96 bits per heavy atom. The standard InChI is InChI=1S/C17H17Cl2FN6O/c1-3-27-13-8-12(25-26-13)22-16-14(18)15(19)23-17(24-16)21-9(2)10-4-6-11(20)7-5-10/h4-9H,3H2,1-2H3,(H3,21,22,23,24,25,26)/t9-/m0/s1. The molecule has 7 nitrogen and oxygen atoms in total. The largest absolute Gasteiger partial charge is 0.478 e. The molecular formula is C17H17Cl2FN6O. The third kappa shape index (κ3) is 4.78. The zero-order chi connectivity index (χ0) is 19.4. The van der Waals surface area contributed by atoms with Crippen LogP contribution in [-0.2, 0) is 0 Å². The average molecular weight is 411 g/mol. The van der Waals surface area contributed by atoms with Crippen LogP contribution in [0.4, 0.5) is 22.0 Å². The first kappa shape index (κ1) is 19.2. The summed E-state index contributed by atoms with van der Waals surface area (Å²) >= 11 is 12.3. The molecule has 1 aromatic carbocycles. The first-order valence-electron chi connectivity index (χ1n) is 8.16. The maximum Gasteiger partial charge on any atom is 0.226 e. The Hall–Kier alpha value is -2.58. The topological polar surface area (TPSA) is 87.8 Å². The van der Waals surface area contributed by atoms with Gasteiger partial charge in [-0.3, -0.25) is 0 Å². The molecule has 0 bridgehead atoms. The summed E-state index contributed by atoms with van der Waals surface area (Å²) in [5.41, 5.74) is 0.870. The van der Waals surface area contributed by atoms with Gasteiger partial charge in [0.1, 0.15) is 10.8 Å². The van der Waals surface area contributed by atoms with Crippen molar-refractivity contribution in [1.29, 1.82) is 0 Å². The minimum absolute atomic E-state index is 0.0866. The molecule has 3 N–H and O–H groups in total. The molecule has 0 saturated heterocycles. The van der Waals surface area contributed by atoms with Gasteiger partial charge in [0, 0.05) is 6.07 Å². The number of halogens is 3. The van der Waals surface area contributed by atoms with Gasteiger partial charge in [0.15, 0.2) is 16.8 Å². The summed E-state index contributed by atoms with van der Waals surface area (Å²) in [7, 11) is 0. The molecule has 0 spiro atoms. The fourth-order valence-corrected chi connectivity index (χ4v) is 2.62. The Labute approximate surface area is 165 Å². The highest BCUT2D eigenvalue weighted by molar-refractivity contribution is 6.42. The molecule has 1 atom stereocenters. The van der Waals surface area contributed by atoms with E-state index in [0.29, 0.717) is 24.1 Å². The highest BCUT2D eigenvalue weighted by Gasteiger charge is 2.15. The number of ether oxygens (including phenoxy) is 1. The van der Waals surface area contributed by atoms with Crippen LogP contribution in [0, 0.1) is 5.82 Å². The summed E-state index contributed by atoms with van der Waals surface area (Å²) in [5, 5.41) is 13.1. The van der Waals surface area contributed by atoms with E-state index in [1.54, 1.807) is 18.2 Å². The Kier molecular flexibility index (Phi) is 5.98. The van der Waals surface area contributed by atoms with Crippen molar-refractivity contribution >= 4 is 40.8 Å². The molecule has 27 heavy (non-hydrogen) atoms. The maximum atomic E-state index is 13.1. The molecule has 2 heterocycles. The van der Waals surface area contributed by atoms with Gasteiger partial charge in [-0.15, -0.1) is 0 Å². The van der Waals surface area contributed by atoms with E-state index in [0.717, 1.165) is 5.56 Å². The molecule has 3 rings (SSSR count). The second kappa shape index (κ2) is 8.41. The minimum atomic E-state index is -0.298. The SMILES string of the molecule is CCOc1cc(Nc2nc(N[C@@H](C)c3ccc(F)cc3)nc(Cl)c2Cl)n[nH]1. The predicted octanol–water partition coefficient (Wildman–Crippen LogP) is 4.96. The van der Waals surface area contributed by atoms with Gasteiger partial charge in [-0.25, -0.2) is 9.49 Å². The normalized spacial score (nSPS) is 11.9. The van der Waals surface area contributed by atoms with Crippen LogP contribution in [0.2, 0.25) is 10.2 Å². The van der Waals surface area contributed by atoms with E-state index in [9.17, 15) is 4.39 Å². The third-order valence-corrected chi connectivity index (χ3v) is 4.36. The monoisotopic (exact) mass is 410 g/mol. The summed E-state index contributed by atoms with van der Waals surface area (Å²) < 4.78 is 18.4. The molecule has 0 amide bonds. The molecule has 0 aliphatic heterocycles. The van der Waals surface area contributed by atoms with Crippen LogP contribution in [-0.4, -0.2) is 26.8 Å². The molecule has 10 heteroatoms. The number of benzene rings is 1. The van der Waals surface area contributed by atoms with Crippen LogP contribution < -0.4 is 15.4 Å². The van der Waals surface area contributed by atoms with Crippen LogP contribution in [0.25, 0.3) is 0 Å². The van der Waals surface area contributed by atoms with Crippen LogP contribution in [0.1, 0.15) is 25.5 Å². The van der Waals surface area contributed by atoms with Crippen molar-refractivity contribution in [2.24, 2.45) is 0 Å². The minimum Gasteiger partial charge on any atom is -0.478 e. The van der Waals surface area contributed by atoms with Gasteiger partial charge in [-0.1, -0.05) is 35.3 Å². The summed E-state index contributed by atoms with van der Waals surface area (Å²) in [6.45, 7) is 4.28. The number of anilines is 3. The Morgan fingerprint density at radius 1 is 1.22 bits per heavy atom. The molecule has 0 unspecified atom stereocenters. The van der Waals surface area contributed by atoms with E-state index < -0.39 is 0 Å². The van der Waals surface area contributed by atoms with E-state index in [2.05, 4.69) is 30.8 Å². The molecule has 3 aromatic rings. The predicted molar refractivity (Wildman–Crippen MR) is 104 cm³/mol. The van der Waals surface area contributed by atoms with Gasteiger partial charge >= 0.3 is 0 Å². The Balaban J connectivity index is 1.79. The van der Waals surface area contributed by atoms with Gasteiger partial charge in [-0.05, 0) is 31.5 Å². The van der Waals surface area contributed by atoms with Crippen LogP contribution in [0.15, 0.2) is 30.3 Å². The quantitative estimate of drug-likeness (QED) is 0.477. The number of aromatic nitrogens is 4. The first-order chi connectivity index (χ1) is 13.0. The van der Waals surface area contributed by atoms with Gasteiger partial charge in [-0.2, -0.15) is 15.1 Å². The van der Waals surface area contributed by atoms with Gasteiger partial charge < -0.3 is 15.4 Å². The van der Waals surface area contributed by atoms with E-state index in [-0.39, 0.29) is 28.0 Å². The van der Waals surface area contributed by atoms with Gasteiger partial charge in [0.05, 0.1) is 12.6 Å². The lowest BCUT2D eigenvalue weighted by Gasteiger charge is -2.16. The number of nitrogens with one attached hydrogen (secondary N) is 3. The van der Waals surface area contributed by atoms with E-state index in [4.69, 9.17) is 27.9 Å². The summed E-state index contributed by atoms with van der Waals surface area (Å²) in [4.78, 5) is 8.49. The van der Waals surface area contributed by atoms with Crippen LogP contribution in [0.3, 0.4) is 0 Å². The van der Waals surface area contributed by atoms with Crippen molar-refractivity contribution in [3.63, 3.8) is 0 Å². The highest BCUT2D eigenvalue weighted by Crippen LogP contribution is 2.31. The maximum absolute atomic E-state index is 13.1. The lowest BCUT2D eigenvalue weighted by atomic mass is 10.1. The first-order valence-corrected chi connectivity index (χ1v) is 8.92. The lowest BCUT2D eigenvalue weighted by molar-refractivity contribution is 0.326. The van der Waals surface area contributed by atoms with Gasteiger partial charge in [0.25, 0.3) is 0 Å². The number of H-pyrrole nitrogens is 1. The Bertz CT molecular complexity index is 918. The molecule has 0 aliphatic carbocycles. The second-order valence-corrected chi connectivity index (χ2v) is 6.33. The number of rotatable bonds is 7. The number of nitrogens with zero attached hydrogens (tertiary/aromatic N) is 3. The molecule has 0 fully saturated rings. The van der Waals surface area contributed by atoms with Crippen molar-refractivity contribution in [3.05, 3.63) is 51.9 Å². The lowest BCUT2D eigenvalue weighted by Crippen LogP contribution is -2.11. The molecule has 0 saturated carbocycles. The smallest absolute Gasteiger partial charge is 0.226 e. The molecule has 0 aliphatic rings. The van der Waals surface area contributed by atoms with E-state index in [1.165, 1.54) is 12.1 Å². The van der Waals surface area contributed by atoms with Gasteiger partial charge in [0.2, 0.25) is 11.8 Å².